The molecule has 7 nitrogen and oxygen atoms in total. The zero-order chi connectivity index (χ0) is 20.2. The number of hydrogen-bond donors (Lipinski definition) is 2. The number of alkyl halides is 2. The topological polar surface area (TPSA) is 93.2 Å². The number of nitrogens with zero attached hydrogens (tertiary/aromatic N) is 2. The predicted octanol–water partition coefficient (Wildman–Crippen LogP) is 3.39. The van der Waals surface area contributed by atoms with Crippen molar-refractivity contribution in [2.45, 2.75) is 32.8 Å². The van der Waals surface area contributed by atoms with Gasteiger partial charge in [-0.05, 0) is 44.5 Å². The van der Waals surface area contributed by atoms with E-state index in [0.29, 0.717) is 0 Å². The summed E-state index contributed by atoms with van der Waals surface area (Å²) in [5.74, 6) is -1.62. The highest BCUT2D eigenvalue weighted by Gasteiger charge is 2.19. The Balaban J connectivity index is 2.25. The van der Waals surface area contributed by atoms with Crippen LogP contribution in [0.1, 0.15) is 43.4 Å². The van der Waals surface area contributed by atoms with E-state index in [1.165, 1.54) is 12.3 Å². The fourth-order valence-corrected chi connectivity index (χ4v) is 1.99. The Morgan fingerprint density at radius 1 is 1.07 bits per heavy atom. The quantitative estimate of drug-likeness (QED) is 0.794. The summed E-state index contributed by atoms with van der Waals surface area (Å²) in [6.45, 7) is 4.88. The van der Waals surface area contributed by atoms with Crippen LogP contribution in [0, 0.1) is 5.82 Å². The number of halogens is 3. The molecule has 0 aliphatic carbocycles. The molecule has 0 spiro atoms. The minimum Gasteiger partial charge on any atom is -0.443 e. The molecule has 10 heteroatoms. The van der Waals surface area contributed by atoms with Crippen molar-refractivity contribution in [1.29, 1.82) is 0 Å². The van der Waals surface area contributed by atoms with Gasteiger partial charge in [0.1, 0.15) is 22.8 Å². The molecule has 2 rings (SSSR count). The Bertz CT molecular complexity index is 854. The van der Waals surface area contributed by atoms with Crippen LogP contribution in [-0.2, 0) is 4.74 Å². The van der Waals surface area contributed by atoms with E-state index in [2.05, 4.69) is 9.97 Å². The number of carbonyl (C=O) groups excluding carboxylic acids is 2. The summed E-state index contributed by atoms with van der Waals surface area (Å²) in [4.78, 5) is 30.9. The van der Waals surface area contributed by atoms with Crippen LogP contribution in [-0.4, -0.2) is 27.6 Å². The Morgan fingerprint density at radius 2 is 1.78 bits per heavy atom. The summed E-state index contributed by atoms with van der Waals surface area (Å²) in [5, 5.41) is 0. The summed E-state index contributed by atoms with van der Waals surface area (Å²) in [6, 6.07) is 3.28. The maximum absolute atomic E-state index is 13.3. The normalized spacial score (nSPS) is 11.2. The van der Waals surface area contributed by atoms with Crippen molar-refractivity contribution in [3.8, 4) is 11.1 Å². The van der Waals surface area contributed by atoms with Crippen molar-refractivity contribution in [2.24, 2.45) is 0 Å². The smallest absolute Gasteiger partial charge is 0.426 e. The second-order valence-electron chi connectivity index (χ2n) is 6.44. The maximum atomic E-state index is 13.3. The number of ether oxygens (including phenoxy) is 1. The lowest BCUT2D eigenvalue weighted by Crippen LogP contribution is -2.44. The summed E-state index contributed by atoms with van der Waals surface area (Å²) in [7, 11) is 0. The first-order valence-corrected chi connectivity index (χ1v) is 7.75. The largest absolute Gasteiger partial charge is 0.443 e. The molecular weight excluding hydrogens is 365 g/mol. The van der Waals surface area contributed by atoms with Gasteiger partial charge < -0.3 is 4.74 Å². The zero-order valence-corrected chi connectivity index (χ0v) is 14.7. The molecule has 0 fully saturated rings. The van der Waals surface area contributed by atoms with E-state index in [4.69, 9.17) is 4.74 Å². The predicted molar refractivity (Wildman–Crippen MR) is 89.2 cm³/mol. The van der Waals surface area contributed by atoms with Gasteiger partial charge in [0.15, 0.2) is 0 Å². The lowest BCUT2D eigenvalue weighted by Gasteiger charge is -2.19. The van der Waals surface area contributed by atoms with E-state index in [1.54, 1.807) is 20.8 Å². The highest BCUT2D eigenvalue weighted by atomic mass is 19.3. The first-order chi connectivity index (χ1) is 12.5. The molecule has 0 aliphatic heterocycles. The maximum Gasteiger partial charge on any atom is 0.426 e. The molecule has 2 aromatic heterocycles. The minimum absolute atomic E-state index is 0.120. The Labute approximate surface area is 152 Å². The van der Waals surface area contributed by atoms with E-state index in [-0.39, 0.29) is 11.1 Å². The van der Waals surface area contributed by atoms with Crippen LogP contribution in [0.3, 0.4) is 0 Å². The number of aromatic nitrogens is 2. The van der Waals surface area contributed by atoms with Crippen molar-refractivity contribution in [1.82, 2.24) is 20.8 Å². The van der Waals surface area contributed by atoms with Crippen molar-refractivity contribution in [3.05, 3.63) is 47.8 Å². The van der Waals surface area contributed by atoms with Crippen LogP contribution in [0.15, 0.2) is 30.6 Å². The average Bonchev–Trinajstić information content (AvgIpc) is 2.57. The SMILES string of the molecule is CC(C)(C)OC(=O)NNC(=O)c1cc(-c2cncc(F)c2)cc(C(F)F)n1. The van der Waals surface area contributed by atoms with Gasteiger partial charge in [-0.15, -0.1) is 0 Å². The van der Waals surface area contributed by atoms with Crippen LogP contribution in [0.2, 0.25) is 0 Å². The molecule has 2 N–H and O–H groups in total. The molecule has 0 aromatic carbocycles. The number of hydrazine groups is 1. The second-order valence-corrected chi connectivity index (χ2v) is 6.44. The Kier molecular flexibility index (Phi) is 5.98. The fourth-order valence-electron chi connectivity index (χ4n) is 1.99. The van der Waals surface area contributed by atoms with Gasteiger partial charge >= 0.3 is 6.09 Å². The zero-order valence-electron chi connectivity index (χ0n) is 14.7. The number of carbonyl (C=O) groups is 2. The first kappa shape index (κ1) is 20.1. The first-order valence-electron chi connectivity index (χ1n) is 7.75. The Hall–Kier alpha value is -3.17. The van der Waals surface area contributed by atoms with Crippen molar-refractivity contribution >= 4 is 12.0 Å². The molecular formula is C17H17F3N4O3. The standard InChI is InChI=1S/C17H17F3N4O3/c1-17(2,3)27-16(26)24-23-15(25)13-6-9(5-12(22-13)14(19)20)10-4-11(18)8-21-7-10/h4-8,14H,1-3H3,(H,23,25)(H,24,26). The third-order valence-electron chi connectivity index (χ3n) is 3.02. The van der Waals surface area contributed by atoms with Crippen LogP contribution in [0.25, 0.3) is 11.1 Å². The van der Waals surface area contributed by atoms with Gasteiger partial charge in [-0.25, -0.2) is 28.4 Å². The third kappa shape index (κ3) is 5.94. The Morgan fingerprint density at radius 3 is 2.37 bits per heavy atom. The fraction of sp³-hybridized carbons (Fsp3) is 0.294. The molecule has 0 unspecified atom stereocenters. The molecule has 144 valence electrons. The van der Waals surface area contributed by atoms with Gasteiger partial charge in [0, 0.05) is 11.8 Å². The molecule has 0 saturated heterocycles. The van der Waals surface area contributed by atoms with Crippen LogP contribution in [0.5, 0.6) is 0 Å². The van der Waals surface area contributed by atoms with Crippen LogP contribution < -0.4 is 10.9 Å². The number of hydrogen-bond acceptors (Lipinski definition) is 5. The molecule has 0 radical (unpaired) electrons. The number of rotatable bonds is 3. The van der Waals surface area contributed by atoms with E-state index in [1.807, 2.05) is 10.9 Å². The van der Waals surface area contributed by atoms with Gasteiger partial charge in [-0.3, -0.25) is 15.2 Å². The molecule has 0 saturated carbocycles. The van der Waals surface area contributed by atoms with Crippen LogP contribution >= 0.6 is 0 Å². The van der Waals surface area contributed by atoms with Gasteiger partial charge in [-0.2, -0.15) is 0 Å². The number of pyridine rings is 2. The van der Waals surface area contributed by atoms with Gasteiger partial charge in [-0.1, -0.05) is 0 Å². The van der Waals surface area contributed by atoms with E-state index >= 15 is 0 Å². The van der Waals surface area contributed by atoms with Gasteiger partial charge in [0.2, 0.25) is 0 Å². The van der Waals surface area contributed by atoms with Crippen molar-refractivity contribution in [2.75, 3.05) is 0 Å². The molecule has 0 bridgehead atoms. The average molecular weight is 382 g/mol. The summed E-state index contributed by atoms with van der Waals surface area (Å²) in [6.07, 6.45) is -1.68. The molecule has 2 aromatic rings. The van der Waals surface area contributed by atoms with Crippen LogP contribution in [0.4, 0.5) is 18.0 Å². The lowest BCUT2D eigenvalue weighted by atomic mass is 10.1. The molecule has 27 heavy (non-hydrogen) atoms. The monoisotopic (exact) mass is 382 g/mol. The molecule has 0 aliphatic rings. The van der Waals surface area contributed by atoms with Gasteiger partial charge in [0.05, 0.1) is 6.20 Å². The highest BCUT2D eigenvalue weighted by molar-refractivity contribution is 5.94. The summed E-state index contributed by atoms with van der Waals surface area (Å²) in [5.41, 5.74) is 2.45. The van der Waals surface area contributed by atoms with E-state index in [9.17, 15) is 22.8 Å². The minimum atomic E-state index is -2.96. The van der Waals surface area contributed by atoms with E-state index in [0.717, 1.165) is 18.3 Å². The highest BCUT2D eigenvalue weighted by Crippen LogP contribution is 2.25. The number of amides is 2. The molecule has 0 atom stereocenters. The van der Waals surface area contributed by atoms with Crippen molar-refractivity contribution in [3.63, 3.8) is 0 Å². The third-order valence-corrected chi connectivity index (χ3v) is 3.02. The summed E-state index contributed by atoms with van der Waals surface area (Å²) >= 11 is 0. The van der Waals surface area contributed by atoms with Crippen molar-refractivity contribution < 1.29 is 27.5 Å². The summed E-state index contributed by atoms with van der Waals surface area (Å²) < 4.78 is 44.5. The lowest BCUT2D eigenvalue weighted by molar-refractivity contribution is 0.0482. The van der Waals surface area contributed by atoms with Gasteiger partial charge in [0.25, 0.3) is 12.3 Å². The second kappa shape index (κ2) is 8.02. The molecule has 2 heterocycles. The van der Waals surface area contributed by atoms with E-state index < -0.39 is 41.2 Å². The molecule has 2 amide bonds. The number of nitrogens with one attached hydrogen (secondary N) is 2.